The standard InChI is InChI=1S/C15H19N3O4S/c19-14-8-3-11(17-14)10-16-23(21,22)13-6-4-12(5-7-13)18-9-1-2-15(18)20/h4-7,11,16H,1-3,8-10H2,(H,17,19). The molecule has 0 bridgehead atoms. The second kappa shape index (κ2) is 6.29. The van der Waals surface area contributed by atoms with Crippen LogP contribution in [0.25, 0.3) is 0 Å². The molecule has 7 nitrogen and oxygen atoms in total. The summed E-state index contributed by atoms with van der Waals surface area (Å²) in [4.78, 5) is 24.6. The van der Waals surface area contributed by atoms with Crippen molar-refractivity contribution in [2.45, 2.75) is 36.6 Å². The molecule has 8 heteroatoms. The average Bonchev–Trinajstić information content (AvgIpc) is 3.14. The van der Waals surface area contributed by atoms with Crippen LogP contribution in [0.15, 0.2) is 29.2 Å². The summed E-state index contributed by atoms with van der Waals surface area (Å²) >= 11 is 0. The van der Waals surface area contributed by atoms with Gasteiger partial charge >= 0.3 is 0 Å². The zero-order valence-corrected chi connectivity index (χ0v) is 13.4. The van der Waals surface area contributed by atoms with Crippen molar-refractivity contribution < 1.29 is 18.0 Å². The fraction of sp³-hybridized carbons (Fsp3) is 0.467. The van der Waals surface area contributed by atoms with E-state index < -0.39 is 10.0 Å². The number of benzene rings is 1. The zero-order chi connectivity index (χ0) is 16.4. The number of amides is 2. The number of rotatable bonds is 5. The van der Waals surface area contributed by atoms with Crippen LogP contribution in [0.5, 0.6) is 0 Å². The fourth-order valence-corrected chi connectivity index (χ4v) is 3.93. The lowest BCUT2D eigenvalue weighted by Gasteiger charge is -2.16. The maximum absolute atomic E-state index is 12.3. The molecule has 0 radical (unpaired) electrons. The summed E-state index contributed by atoms with van der Waals surface area (Å²) in [6.07, 6.45) is 2.44. The number of nitrogens with one attached hydrogen (secondary N) is 2. The highest BCUT2D eigenvalue weighted by Crippen LogP contribution is 2.23. The van der Waals surface area contributed by atoms with E-state index in [-0.39, 0.29) is 29.3 Å². The molecule has 1 atom stereocenters. The number of sulfonamides is 1. The van der Waals surface area contributed by atoms with E-state index in [1.807, 2.05) is 0 Å². The predicted molar refractivity (Wildman–Crippen MR) is 84.4 cm³/mol. The van der Waals surface area contributed by atoms with Crippen molar-refractivity contribution in [3.63, 3.8) is 0 Å². The van der Waals surface area contributed by atoms with E-state index in [2.05, 4.69) is 10.0 Å². The van der Waals surface area contributed by atoms with Crippen molar-refractivity contribution in [2.75, 3.05) is 18.0 Å². The molecule has 0 aliphatic carbocycles. The van der Waals surface area contributed by atoms with Gasteiger partial charge < -0.3 is 10.2 Å². The molecule has 1 aromatic carbocycles. The maximum atomic E-state index is 12.3. The van der Waals surface area contributed by atoms with Crippen molar-refractivity contribution in [2.24, 2.45) is 0 Å². The molecule has 0 spiro atoms. The van der Waals surface area contributed by atoms with Crippen molar-refractivity contribution in [1.82, 2.24) is 10.0 Å². The Morgan fingerprint density at radius 2 is 1.91 bits per heavy atom. The second-order valence-corrected chi connectivity index (χ2v) is 7.56. The predicted octanol–water partition coefficient (Wildman–Crippen LogP) is 0.370. The molecule has 2 amide bonds. The van der Waals surface area contributed by atoms with Crippen LogP contribution >= 0.6 is 0 Å². The summed E-state index contributed by atoms with van der Waals surface area (Å²) in [6, 6.07) is 6.14. The van der Waals surface area contributed by atoms with Gasteiger partial charge in [0.05, 0.1) is 4.90 Å². The molecule has 1 unspecified atom stereocenters. The molecule has 0 aromatic heterocycles. The van der Waals surface area contributed by atoms with Crippen LogP contribution in [-0.4, -0.2) is 39.4 Å². The van der Waals surface area contributed by atoms with Gasteiger partial charge in [0.15, 0.2) is 0 Å². The minimum atomic E-state index is -3.62. The zero-order valence-electron chi connectivity index (χ0n) is 12.6. The second-order valence-electron chi connectivity index (χ2n) is 5.80. The first-order valence-corrected chi connectivity index (χ1v) is 9.13. The minimum Gasteiger partial charge on any atom is -0.352 e. The molecule has 2 aliphatic heterocycles. The fourth-order valence-electron chi connectivity index (χ4n) is 2.85. The van der Waals surface area contributed by atoms with E-state index in [1.54, 1.807) is 17.0 Å². The first-order valence-electron chi connectivity index (χ1n) is 7.65. The third kappa shape index (κ3) is 3.53. The van der Waals surface area contributed by atoms with Gasteiger partial charge in [-0.3, -0.25) is 9.59 Å². The highest BCUT2D eigenvalue weighted by Gasteiger charge is 2.24. The number of hydrogen-bond donors (Lipinski definition) is 2. The van der Waals surface area contributed by atoms with Gasteiger partial charge in [0.2, 0.25) is 21.8 Å². The number of nitrogens with zero attached hydrogens (tertiary/aromatic N) is 1. The van der Waals surface area contributed by atoms with Crippen molar-refractivity contribution in [3.8, 4) is 0 Å². The summed E-state index contributed by atoms with van der Waals surface area (Å²) in [5.74, 6) is 0.0181. The van der Waals surface area contributed by atoms with Crippen LogP contribution in [0.4, 0.5) is 5.69 Å². The summed E-state index contributed by atoms with van der Waals surface area (Å²) in [6.45, 7) is 0.852. The van der Waals surface area contributed by atoms with Crippen molar-refractivity contribution in [3.05, 3.63) is 24.3 Å². The third-order valence-corrected chi connectivity index (χ3v) is 5.58. The summed E-state index contributed by atoms with van der Waals surface area (Å²) in [7, 11) is -3.62. The van der Waals surface area contributed by atoms with Crippen LogP contribution in [-0.2, 0) is 19.6 Å². The Hall–Kier alpha value is -1.93. The highest BCUT2D eigenvalue weighted by atomic mass is 32.2. The molecule has 2 heterocycles. The number of carbonyl (C=O) groups is 2. The molecule has 2 saturated heterocycles. The molecular weight excluding hydrogens is 318 g/mol. The van der Waals surface area contributed by atoms with Crippen molar-refractivity contribution >= 4 is 27.5 Å². The number of hydrogen-bond acceptors (Lipinski definition) is 4. The molecule has 2 N–H and O–H groups in total. The SMILES string of the molecule is O=C1CCC(CNS(=O)(=O)c2ccc(N3CCCC3=O)cc2)N1. The molecule has 1 aromatic rings. The van der Waals surface area contributed by atoms with Crippen LogP contribution in [0.2, 0.25) is 0 Å². The van der Waals surface area contributed by atoms with Gasteiger partial charge in [-0.15, -0.1) is 0 Å². The Morgan fingerprint density at radius 3 is 2.48 bits per heavy atom. The smallest absolute Gasteiger partial charge is 0.240 e. The van der Waals surface area contributed by atoms with E-state index in [0.29, 0.717) is 25.8 Å². The van der Waals surface area contributed by atoms with Crippen LogP contribution < -0.4 is 14.9 Å². The van der Waals surface area contributed by atoms with Crippen LogP contribution in [0, 0.1) is 0 Å². The lowest BCUT2D eigenvalue weighted by Crippen LogP contribution is -2.38. The highest BCUT2D eigenvalue weighted by molar-refractivity contribution is 7.89. The van der Waals surface area contributed by atoms with E-state index in [4.69, 9.17) is 0 Å². The monoisotopic (exact) mass is 337 g/mol. The lowest BCUT2D eigenvalue weighted by molar-refractivity contribution is -0.119. The van der Waals surface area contributed by atoms with E-state index >= 15 is 0 Å². The Morgan fingerprint density at radius 1 is 1.17 bits per heavy atom. The van der Waals surface area contributed by atoms with Gasteiger partial charge in [-0.25, -0.2) is 13.1 Å². The summed E-state index contributed by atoms with van der Waals surface area (Å²) in [5, 5.41) is 2.72. The van der Waals surface area contributed by atoms with Crippen molar-refractivity contribution in [1.29, 1.82) is 0 Å². The van der Waals surface area contributed by atoms with E-state index in [1.165, 1.54) is 12.1 Å². The normalized spacial score (nSPS) is 21.7. The molecular formula is C15H19N3O4S. The quantitative estimate of drug-likeness (QED) is 0.811. The number of anilines is 1. The molecule has 124 valence electrons. The minimum absolute atomic E-state index is 0.0474. The summed E-state index contributed by atoms with van der Waals surface area (Å²) in [5.41, 5.74) is 0.717. The Labute approximate surface area is 135 Å². The van der Waals surface area contributed by atoms with Gasteiger partial charge in [0.1, 0.15) is 0 Å². The molecule has 2 aliphatic rings. The van der Waals surface area contributed by atoms with Gasteiger partial charge in [0.25, 0.3) is 0 Å². The topological polar surface area (TPSA) is 95.6 Å². The largest absolute Gasteiger partial charge is 0.352 e. The van der Waals surface area contributed by atoms with Gasteiger partial charge in [0, 0.05) is 37.7 Å². The Kier molecular flexibility index (Phi) is 4.36. The Balaban J connectivity index is 1.65. The average molecular weight is 337 g/mol. The van der Waals surface area contributed by atoms with E-state index in [9.17, 15) is 18.0 Å². The van der Waals surface area contributed by atoms with Crippen LogP contribution in [0.3, 0.4) is 0 Å². The summed E-state index contributed by atoms with van der Waals surface area (Å²) < 4.78 is 27.0. The van der Waals surface area contributed by atoms with Gasteiger partial charge in [-0.05, 0) is 37.1 Å². The first-order chi connectivity index (χ1) is 11.0. The van der Waals surface area contributed by atoms with E-state index in [0.717, 1.165) is 12.1 Å². The molecule has 0 saturated carbocycles. The lowest BCUT2D eigenvalue weighted by atomic mass is 10.2. The Bertz CT molecular complexity index is 715. The maximum Gasteiger partial charge on any atom is 0.240 e. The molecule has 23 heavy (non-hydrogen) atoms. The first kappa shape index (κ1) is 15.9. The number of carbonyl (C=O) groups excluding carboxylic acids is 2. The molecule has 3 rings (SSSR count). The molecule has 2 fully saturated rings. The third-order valence-electron chi connectivity index (χ3n) is 4.14. The van der Waals surface area contributed by atoms with Crippen LogP contribution in [0.1, 0.15) is 25.7 Å². The van der Waals surface area contributed by atoms with Gasteiger partial charge in [-0.1, -0.05) is 0 Å². The van der Waals surface area contributed by atoms with Gasteiger partial charge in [-0.2, -0.15) is 0 Å².